The van der Waals surface area contributed by atoms with Crippen LogP contribution in [0.4, 0.5) is 0 Å². The predicted octanol–water partition coefficient (Wildman–Crippen LogP) is 2.95. The van der Waals surface area contributed by atoms with E-state index in [2.05, 4.69) is 0 Å². The van der Waals surface area contributed by atoms with Crippen LogP contribution in [0.15, 0.2) is 84.9 Å². The molecule has 34 heteroatoms. The van der Waals surface area contributed by atoms with E-state index in [0.717, 1.165) is 0 Å². The van der Waals surface area contributed by atoms with E-state index in [1.54, 1.807) is 0 Å². The second-order valence-electron chi connectivity index (χ2n) is 18.4. The lowest BCUT2D eigenvalue weighted by atomic mass is 9.97. The van der Waals surface area contributed by atoms with Gasteiger partial charge in [-0.2, -0.15) is 0 Å². The van der Waals surface area contributed by atoms with Gasteiger partial charge in [0.15, 0.2) is 121 Å². The average molecular weight is 1240 g/mol. The molecule has 0 unspecified atom stereocenters. The van der Waals surface area contributed by atoms with Crippen molar-refractivity contribution in [3.8, 4) is 121 Å². The van der Waals surface area contributed by atoms with Gasteiger partial charge in [0.2, 0.25) is 23.9 Å². The Morgan fingerprint density at radius 3 is 0.798 bits per heavy atom. The molecule has 1 saturated heterocycles. The maximum absolute atomic E-state index is 14.4. The van der Waals surface area contributed by atoms with Crippen molar-refractivity contribution in [2.45, 2.75) is 30.7 Å². The highest BCUT2D eigenvalue weighted by atomic mass is 16.7. The fourth-order valence-corrected chi connectivity index (χ4v) is 8.05. The van der Waals surface area contributed by atoms with Crippen molar-refractivity contribution >= 4 is 41.8 Å². The summed E-state index contributed by atoms with van der Waals surface area (Å²) in [6.07, 6.45) is -13.0. The molecule has 1 heterocycles. The van der Waals surface area contributed by atoms with Crippen LogP contribution in [0, 0.1) is 0 Å². The molecule has 1 aliphatic rings. The minimum Gasteiger partial charge on any atom is -0.504 e. The van der Waals surface area contributed by atoms with Gasteiger partial charge in [-0.05, 0) is 84.9 Å². The van der Waals surface area contributed by atoms with Crippen LogP contribution in [0.3, 0.4) is 0 Å². The van der Waals surface area contributed by atoms with Gasteiger partial charge in [0.1, 0.15) is 12.7 Å². The Hall–Kier alpha value is -13.0. The molecule has 1 fully saturated rings. The van der Waals surface area contributed by atoms with Gasteiger partial charge in [0, 0.05) is 0 Å². The normalized spacial score (nSPS) is 16.0. The zero-order chi connectivity index (χ0) is 65.4. The number of hydrogen-bond donors (Lipinski definition) is 19. The van der Waals surface area contributed by atoms with Crippen molar-refractivity contribution in [2.24, 2.45) is 0 Å². The first-order valence-corrected chi connectivity index (χ1v) is 24.3. The first-order chi connectivity index (χ1) is 41.8. The van der Waals surface area contributed by atoms with E-state index >= 15 is 0 Å². The molecule has 0 radical (unpaired) electrons. The largest absolute Gasteiger partial charge is 0.504 e. The summed E-state index contributed by atoms with van der Waals surface area (Å²) < 4.78 is 43.5. The molecule has 1 aliphatic heterocycles. The minimum atomic E-state index is -2.73. The van der Waals surface area contributed by atoms with Gasteiger partial charge in [-0.1, -0.05) is 0 Å². The lowest BCUT2D eigenvalue weighted by Crippen LogP contribution is -2.63. The summed E-state index contributed by atoms with van der Waals surface area (Å²) in [5.74, 6) is -35.6. The molecule has 0 aromatic heterocycles. The fourth-order valence-electron chi connectivity index (χ4n) is 8.05. The summed E-state index contributed by atoms with van der Waals surface area (Å²) in [6, 6.07) is 7.23. The van der Waals surface area contributed by atoms with Crippen LogP contribution < -0.4 is 9.47 Å². The molecule has 0 amide bonds. The van der Waals surface area contributed by atoms with Crippen molar-refractivity contribution in [2.75, 3.05) is 6.61 Å². The second-order valence-corrected chi connectivity index (χ2v) is 18.4. The number of aromatic hydroxyl groups is 19. The third-order valence-electron chi connectivity index (χ3n) is 12.4. The number of benzene rings is 7. The van der Waals surface area contributed by atoms with Gasteiger partial charge < -0.3 is 135 Å². The molecule has 7 aromatic rings. The molecule has 0 bridgehead atoms. The number of carbonyl (C=O) groups excluding carboxylic acids is 7. The molecular weight excluding hydrogens is 1200 g/mol. The van der Waals surface area contributed by atoms with Crippen LogP contribution in [-0.4, -0.2) is 176 Å². The Bertz CT molecular complexity index is 3930. The van der Waals surface area contributed by atoms with Crippen LogP contribution in [0.1, 0.15) is 72.5 Å². The van der Waals surface area contributed by atoms with Crippen molar-refractivity contribution in [3.05, 3.63) is 124 Å². The van der Waals surface area contributed by atoms with Crippen molar-refractivity contribution in [1.29, 1.82) is 0 Å². The smallest absolute Gasteiger partial charge is 0.344 e. The Morgan fingerprint density at radius 2 is 0.506 bits per heavy atom. The maximum Gasteiger partial charge on any atom is 0.344 e. The molecule has 7 aromatic carbocycles. The van der Waals surface area contributed by atoms with Crippen LogP contribution in [0.5, 0.6) is 121 Å². The van der Waals surface area contributed by atoms with Gasteiger partial charge in [0.05, 0.1) is 38.9 Å². The SMILES string of the molecule is O=C(OC[C@H]1O[C@@H](OC(=O)c2cc(O)c(O)c(O)c2)[C@H](OC(=O)c2cc(O)c(OC(=O)c3cc(O)c(OC(=O)c4cc(O)c(O)c(O)c4)c(O)c3)c(O)c2)[C@@H](OC(=O)c2cc(O)c(O)c(O)c2)[C@@H]1OC(=O)c1cc(O)c(O)c(O)c1)c1cc(O)c(O)c(O)c1. The second kappa shape index (κ2) is 24.3. The van der Waals surface area contributed by atoms with Crippen LogP contribution in [0.25, 0.3) is 0 Å². The Kier molecular flexibility index (Phi) is 16.9. The molecule has 0 spiro atoms. The molecule has 8 rings (SSSR count). The van der Waals surface area contributed by atoms with Crippen LogP contribution in [0.2, 0.25) is 0 Å². The Balaban J connectivity index is 1.19. The summed E-state index contributed by atoms with van der Waals surface area (Å²) in [5, 5.41) is 194. The van der Waals surface area contributed by atoms with Gasteiger partial charge in [-0.3, -0.25) is 0 Å². The molecule has 0 saturated carbocycles. The van der Waals surface area contributed by atoms with Gasteiger partial charge in [-0.25, -0.2) is 33.6 Å². The summed E-state index contributed by atoms with van der Waals surface area (Å²) in [7, 11) is 0. The summed E-state index contributed by atoms with van der Waals surface area (Å²) in [6.45, 7) is -1.35. The summed E-state index contributed by atoms with van der Waals surface area (Å²) in [5.41, 5.74) is -5.83. The van der Waals surface area contributed by atoms with Gasteiger partial charge >= 0.3 is 41.8 Å². The number of phenols is 19. The topological polar surface area (TPSA) is 578 Å². The minimum absolute atomic E-state index is 0.402. The van der Waals surface area contributed by atoms with E-state index < -0.39 is 239 Å². The number of phenolic OH excluding ortho intramolecular Hbond substituents is 19. The standard InChI is InChI=1S/C55H40O34/c56-23-1-16(2-24(57)38(23)70)48(75)82-15-37-45(86-51(78)18-5-27(60)40(72)28(61)6-18)46(87-52(79)19-7-29(62)41(73)30(63)8-19)47(55(83-37)89-54(81)20-9-31(64)42(74)32(65)10-20)88-53(80)22-13-35(68)44(36(69)14-22)85-50(77)21-11-33(66)43(34(67)12-21)84-49(76)17-3-25(58)39(71)26(59)4-17/h1-14,37,45-47,55-74H,15H2/t37-,45-,46+,47-,55+/m1/s1. The van der Waals surface area contributed by atoms with Crippen LogP contribution in [-0.2, 0) is 28.4 Å². The highest BCUT2D eigenvalue weighted by molar-refractivity contribution is 5.97. The maximum atomic E-state index is 14.4. The van der Waals surface area contributed by atoms with E-state index in [1.807, 2.05) is 0 Å². The Morgan fingerprint density at radius 1 is 0.281 bits per heavy atom. The molecule has 464 valence electrons. The molecule has 0 aliphatic carbocycles. The zero-order valence-electron chi connectivity index (χ0n) is 43.8. The van der Waals surface area contributed by atoms with Crippen molar-refractivity contribution < 1.29 is 168 Å². The lowest BCUT2D eigenvalue weighted by Gasteiger charge is -2.43. The number of ether oxygens (including phenoxy) is 8. The summed E-state index contributed by atoms with van der Waals surface area (Å²) >= 11 is 0. The van der Waals surface area contributed by atoms with Gasteiger partial charge in [0.25, 0.3) is 0 Å². The highest BCUT2D eigenvalue weighted by Crippen LogP contribution is 2.45. The molecule has 89 heavy (non-hydrogen) atoms. The first kappa shape index (κ1) is 62.0. The first-order valence-electron chi connectivity index (χ1n) is 24.3. The summed E-state index contributed by atoms with van der Waals surface area (Å²) in [4.78, 5) is 96.2. The van der Waals surface area contributed by atoms with E-state index in [-0.39, 0.29) is 0 Å². The third-order valence-corrected chi connectivity index (χ3v) is 12.4. The molecule has 5 atom stereocenters. The van der Waals surface area contributed by atoms with E-state index in [4.69, 9.17) is 37.9 Å². The average Bonchev–Trinajstić information content (AvgIpc) is 0.951. The lowest BCUT2D eigenvalue weighted by molar-refractivity contribution is -0.282. The number of esters is 7. The number of hydrogen-bond acceptors (Lipinski definition) is 34. The number of carbonyl (C=O) groups is 7. The van der Waals surface area contributed by atoms with Crippen molar-refractivity contribution in [3.63, 3.8) is 0 Å². The van der Waals surface area contributed by atoms with E-state index in [0.29, 0.717) is 84.9 Å². The Labute approximate surface area is 491 Å². The number of rotatable bonds is 15. The van der Waals surface area contributed by atoms with E-state index in [1.165, 1.54) is 0 Å². The van der Waals surface area contributed by atoms with E-state index in [9.17, 15) is 131 Å². The predicted molar refractivity (Wildman–Crippen MR) is 279 cm³/mol. The monoisotopic (exact) mass is 1240 g/mol. The quantitative estimate of drug-likeness (QED) is 0.0304. The highest BCUT2D eigenvalue weighted by Gasteiger charge is 2.55. The van der Waals surface area contributed by atoms with Crippen LogP contribution >= 0.6 is 0 Å². The fraction of sp³-hybridized carbons (Fsp3) is 0.109. The molecule has 19 N–H and O–H groups in total. The van der Waals surface area contributed by atoms with Gasteiger partial charge in [-0.15, -0.1) is 0 Å². The third kappa shape index (κ3) is 12.9. The molecule has 34 nitrogen and oxygen atoms in total. The molecular formula is C55H40O34. The zero-order valence-corrected chi connectivity index (χ0v) is 43.8. The van der Waals surface area contributed by atoms with Crippen molar-refractivity contribution in [1.82, 2.24) is 0 Å².